The van der Waals surface area contributed by atoms with Gasteiger partial charge in [0.15, 0.2) is 17.3 Å². The van der Waals surface area contributed by atoms with Crippen LogP contribution in [0.25, 0.3) is 11.1 Å². The minimum absolute atomic E-state index is 0.0294. The fourth-order valence-electron chi connectivity index (χ4n) is 4.91. The van der Waals surface area contributed by atoms with Gasteiger partial charge in [-0.1, -0.05) is 42.5 Å². The first-order valence-electron chi connectivity index (χ1n) is 12.9. The lowest BCUT2D eigenvalue weighted by Crippen LogP contribution is -2.59. The summed E-state index contributed by atoms with van der Waals surface area (Å²) < 4.78 is 33.7. The molecule has 0 radical (unpaired) electrons. The molecule has 38 heavy (non-hydrogen) atoms. The number of rotatable bonds is 9. The Hall–Kier alpha value is -3.62. The van der Waals surface area contributed by atoms with Gasteiger partial charge in [-0.05, 0) is 68.0 Å². The monoisotopic (exact) mass is 520 g/mol. The number of aliphatic hydroxyl groups is 1. The normalized spacial score (nSPS) is 18.0. The Morgan fingerprint density at radius 2 is 1.58 bits per heavy atom. The van der Waals surface area contributed by atoms with Crippen molar-refractivity contribution in [2.24, 2.45) is 0 Å². The Morgan fingerprint density at radius 3 is 2.16 bits per heavy atom. The number of carbonyl (C=O) groups is 2. The van der Waals surface area contributed by atoms with E-state index in [4.69, 9.17) is 4.74 Å². The van der Waals surface area contributed by atoms with Gasteiger partial charge in [-0.15, -0.1) is 0 Å². The summed E-state index contributed by atoms with van der Waals surface area (Å²) >= 11 is 0. The topological polar surface area (TPSA) is 78.9 Å². The molecule has 2 N–H and O–H groups in total. The standard InChI is InChI=1S/C30H30F2N2O4/c1-19(33-29(36)28(35)22-6-4-20(5-7-22)21-8-11-24(31)12-9-21)30(37,34-16-2-3-17-34)23-10-15-27(26(32)18-23)38-25-13-14-25/h4-12,15,18-19,25,37H,2-3,13-14,16-17H2,1H3,(H,33,36)/t19-,30+/m1/s1. The van der Waals surface area contributed by atoms with Crippen LogP contribution in [-0.2, 0) is 10.5 Å². The molecule has 1 amide bonds. The van der Waals surface area contributed by atoms with Gasteiger partial charge in [0.25, 0.3) is 5.91 Å². The Bertz CT molecular complexity index is 1320. The van der Waals surface area contributed by atoms with E-state index in [9.17, 15) is 23.5 Å². The molecule has 5 rings (SSSR count). The second kappa shape index (κ2) is 10.6. The fraction of sp³-hybridized carbons (Fsp3) is 0.333. The number of halogens is 2. The Balaban J connectivity index is 1.33. The van der Waals surface area contributed by atoms with Crippen LogP contribution in [0.5, 0.6) is 5.75 Å². The van der Waals surface area contributed by atoms with Crippen LogP contribution in [0, 0.1) is 11.6 Å². The lowest BCUT2D eigenvalue weighted by atomic mass is 9.93. The molecule has 0 aromatic heterocycles. The van der Waals surface area contributed by atoms with Crippen LogP contribution in [-0.4, -0.2) is 46.9 Å². The van der Waals surface area contributed by atoms with Crippen LogP contribution in [0.4, 0.5) is 8.78 Å². The number of ether oxygens (including phenoxy) is 1. The minimum Gasteiger partial charge on any atom is -0.487 e. The van der Waals surface area contributed by atoms with E-state index in [1.165, 1.54) is 36.4 Å². The molecule has 2 aliphatic rings. The van der Waals surface area contributed by atoms with Gasteiger partial charge in [0.1, 0.15) is 5.82 Å². The number of amides is 1. The van der Waals surface area contributed by atoms with Crippen LogP contribution in [0.1, 0.15) is 48.5 Å². The maximum absolute atomic E-state index is 14.9. The maximum Gasteiger partial charge on any atom is 0.292 e. The quantitative estimate of drug-likeness (QED) is 0.313. The third-order valence-electron chi connectivity index (χ3n) is 7.25. The number of nitrogens with one attached hydrogen (secondary N) is 1. The predicted molar refractivity (Wildman–Crippen MR) is 139 cm³/mol. The molecule has 3 aromatic rings. The lowest BCUT2D eigenvalue weighted by molar-refractivity contribution is -0.139. The summed E-state index contributed by atoms with van der Waals surface area (Å²) in [5, 5.41) is 14.6. The molecule has 1 aliphatic heterocycles. The molecule has 0 unspecified atom stereocenters. The van der Waals surface area contributed by atoms with Crippen molar-refractivity contribution in [2.75, 3.05) is 13.1 Å². The van der Waals surface area contributed by atoms with E-state index in [0.717, 1.165) is 36.8 Å². The van der Waals surface area contributed by atoms with E-state index in [2.05, 4.69) is 5.32 Å². The van der Waals surface area contributed by atoms with Gasteiger partial charge in [-0.3, -0.25) is 14.5 Å². The van der Waals surface area contributed by atoms with Crippen molar-refractivity contribution in [2.45, 2.75) is 50.5 Å². The molecule has 3 aromatic carbocycles. The van der Waals surface area contributed by atoms with Gasteiger partial charge in [0, 0.05) is 24.2 Å². The lowest BCUT2D eigenvalue weighted by Gasteiger charge is -2.42. The van der Waals surface area contributed by atoms with Crippen molar-refractivity contribution < 1.29 is 28.2 Å². The van der Waals surface area contributed by atoms with Gasteiger partial charge in [-0.2, -0.15) is 0 Å². The molecule has 6 nitrogen and oxygen atoms in total. The first-order valence-corrected chi connectivity index (χ1v) is 12.9. The molecule has 8 heteroatoms. The Morgan fingerprint density at radius 1 is 0.974 bits per heavy atom. The zero-order chi connectivity index (χ0) is 26.9. The summed E-state index contributed by atoms with van der Waals surface area (Å²) in [6.45, 7) is 2.74. The second-order valence-electron chi connectivity index (χ2n) is 9.99. The SMILES string of the molecule is C[C@@H](NC(=O)C(=O)c1ccc(-c2ccc(F)cc2)cc1)[C@](O)(c1ccc(OC2CC2)c(F)c1)N1CCCC1. The van der Waals surface area contributed by atoms with Crippen molar-refractivity contribution in [3.8, 4) is 16.9 Å². The Kier molecular flexibility index (Phi) is 7.27. The summed E-state index contributed by atoms with van der Waals surface area (Å²) in [4.78, 5) is 27.7. The number of hydrogen-bond donors (Lipinski definition) is 2. The zero-order valence-corrected chi connectivity index (χ0v) is 21.1. The fourth-order valence-corrected chi connectivity index (χ4v) is 4.91. The van der Waals surface area contributed by atoms with Crippen molar-refractivity contribution in [1.82, 2.24) is 10.2 Å². The van der Waals surface area contributed by atoms with Gasteiger partial charge >= 0.3 is 0 Å². The average molecular weight is 521 g/mol. The van der Waals surface area contributed by atoms with Crippen molar-refractivity contribution in [1.29, 1.82) is 0 Å². The average Bonchev–Trinajstić information content (AvgIpc) is 3.57. The van der Waals surface area contributed by atoms with Gasteiger partial charge in [0.05, 0.1) is 12.1 Å². The third kappa shape index (κ3) is 5.33. The summed E-state index contributed by atoms with van der Waals surface area (Å²) in [5.74, 6) is -2.42. The van der Waals surface area contributed by atoms with Crippen LogP contribution >= 0.6 is 0 Å². The summed E-state index contributed by atoms with van der Waals surface area (Å²) in [7, 11) is 0. The molecular formula is C30H30F2N2O4. The zero-order valence-electron chi connectivity index (χ0n) is 21.1. The molecule has 198 valence electrons. The first-order chi connectivity index (χ1) is 18.3. The van der Waals surface area contributed by atoms with Gasteiger partial charge in [-0.25, -0.2) is 8.78 Å². The van der Waals surface area contributed by atoms with E-state index in [0.29, 0.717) is 13.1 Å². The number of ketones is 1. The molecule has 2 atom stereocenters. The van der Waals surface area contributed by atoms with Gasteiger partial charge in [0.2, 0.25) is 5.78 Å². The molecule has 1 heterocycles. The number of benzene rings is 3. The van der Waals surface area contributed by atoms with E-state index >= 15 is 0 Å². The van der Waals surface area contributed by atoms with E-state index < -0.39 is 29.3 Å². The molecular weight excluding hydrogens is 490 g/mol. The minimum atomic E-state index is -1.72. The molecule has 0 bridgehead atoms. The first kappa shape index (κ1) is 26.0. The predicted octanol–water partition coefficient (Wildman–Crippen LogP) is 4.80. The van der Waals surface area contributed by atoms with Crippen molar-refractivity contribution >= 4 is 11.7 Å². The Labute approximate surface area is 220 Å². The number of Topliss-reactive ketones (excluding diaryl/α,β-unsaturated/α-hetero) is 1. The number of hydrogen-bond acceptors (Lipinski definition) is 5. The highest BCUT2D eigenvalue weighted by Gasteiger charge is 2.44. The smallest absolute Gasteiger partial charge is 0.292 e. The second-order valence-corrected chi connectivity index (χ2v) is 9.99. The highest BCUT2D eigenvalue weighted by atomic mass is 19.1. The van der Waals surface area contributed by atoms with E-state index in [-0.39, 0.29) is 28.8 Å². The van der Waals surface area contributed by atoms with Crippen LogP contribution in [0.3, 0.4) is 0 Å². The highest BCUT2D eigenvalue weighted by Crippen LogP contribution is 2.36. The number of nitrogens with zero attached hydrogens (tertiary/aromatic N) is 1. The molecule has 1 saturated carbocycles. The van der Waals surface area contributed by atoms with Crippen LogP contribution in [0.2, 0.25) is 0 Å². The highest BCUT2D eigenvalue weighted by molar-refractivity contribution is 6.42. The summed E-state index contributed by atoms with van der Waals surface area (Å²) in [6.07, 6.45) is 3.53. The van der Waals surface area contributed by atoms with Crippen molar-refractivity contribution in [3.05, 3.63) is 89.5 Å². The third-order valence-corrected chi connectivity index (χ3v) is 7.25. The largest absolute Gasteiger partial charge is 0.487 e. The molecule has 1 aliphatic carbocycles. The molecule has 1 saturated heterocycles. The number of carbonyl (C=O) groups excluding carboxylic acids is 2. The van der Waals surface area contributed by atoms with Crippen molar-refractivity contribution in [3.63, 3.8) is 0 Å². The summed E-state index contributed by atoms with van der Waals surface area (Å²) in [5.41, 5.74) is 0.286. The molecule has 0 spiro atoms. The van der Waals surface area contributed by atoms with E-state index in [1.807, 2.05) is 0 Å². The van der Waals surface area contributed by atoms with E-state index in [1.54, 1.807) is 42.2 Å². The van der Waals surface area contributed by atoms with Crippen LogP contribution < -0.4 is 10.1 Å². The van der Waals surface area contributed by atoms with Gasteiger partial charge < -0.3 is 15.2 Å². The maximum atomic E-state index is 14.9. The molecule has 2 fully saturated rings. The number of likely N-dealkylation sites (tertiary alicyclic amines) is 1. The summed E-state index contributed by atoms with van der Waals surface area (Å²) in [6, 6.07) is 15.8. The van der Waals surface area contributed by atoms with Crippen LogP contribution in [0.15, 0.2) is 66.7 Å².